The van der Waals surface area contributed by atoms with Gasteiger partial charge in [-0.15, -0.1) is 0 Å². The minimum Gasteiger partial charge on any atom is -0.481 e. The summed E-state index contributed by atoms with van der Waals surface area (Å²) >= 11 is 0. The largest absolute Gasteiger partial charge is 0.481 e. The van der Waals surface area contributed by atoms with Crippen molar-refractivity contribution in [1.29, 1.82) is 0 Å². The van der Waals surface area contributed by atoms with Crippen LogP contribution in [0.5, 0.6) is 0 Å². The van der Waals surface area contributed by atoms with E-state index in [-0.39, 0.29) is 5.56 Å². The number of halogens is 4. The first-order valence-electron chi connectivity index (χ1n) is 5.05. The van der Waals surface area contributed by atoms with E-state index in [1.807, 2.05) is 0 Å². The lowest BCUT2D eigenvalue weighted by atomic mass is 10.0. The number of amides is 1. The molecule has 8 heteroatoms. The number of benzene rings is 1. The Balaban J connectivity index is 3.00. The van der Waals surface area contributed by atoms with Crippen molar-refractivity contribution in [1.82, 2.24) is 5.32 Å². The monoisotopic (exact) mass is 279 g/mol. The highest BCUT2D eigenvalue weighted by molar-refractivity contribution is 5.82. The molecule has 0 aromatic heterocycles. The van der Waals surface area contributed by atoms with E-state index in [1.165, 1.54) is 17.4 Å². The molecule has 0 aliphatic heterocycles. The molecule has 1 rings (SSSR count). The van der Waals surface area contributed by atoms with Crippen molar-refractivity contribution in [3.8, 4) is 0 Å². The molecule has 0 spiro atoms. The highest BCUT2D eigenvalue weighted by Gasteiger charge is 2.40. The number of nitrogens with one attached hydrogen (secondary N) is 1. The minimum absolute atomic E-state index is 0.317. The van der Waals surface area contributed by atoms with Gasteiger partial charge in [-0.25, -0.2) is 4.39 Å². The van der Waals surface area contributed by atoms with Crippen LogP contribution in [0.15, 0.2) is 24.3 Å². The maximum absolute atomic E-state index is 13.4. The number of carbonyl (C=O) groups excluding carboxylic acids is 1. The van der Waals surface area contributed by atoms with Crippen LogP contribution in [0, 0.1) is 5.82 Å². The smallest absolute Gasteiger partial charge is 0.471 e. The van der Waals surface area contributed by atoms with E-state index in [0.717, 1.165) is 12.1 Å². The lowest BCUT2D eigenvalue weighted by molar-refractivity contribution is -0.174. The van der Waals surface area contributed by atoms with Gasteiger partial charge in [-0.1, -0.05) is 18.2 Å². The van der Waals surface area contributed by atoms with Gasteiger partial charge in [0.1, 0.15) is 5.82 Å². The van der Waals surface area contributed by atoms with Gasteiger partial charge in [-0.05, 0) is 6.07 Å². The SMILES string of the molecule is O=C(O)CC(NC(=O)C(F)(F)F)c1ccccc1F. The van der Waals surface area contributed by atoms with Crippen LogP contribution in [-0.2, 0) is 9.59 Å². The third kappa shape index (κ3) is 4.23. The number of carboxylic acid groups (broad SMARTS) is 1. The van der Waals surface area contributed by atoms with E-state index in [4.69, 9.17) is 5.11 Å². The average molecular weight is 279 g/mol. The number of carbonyl (C=O) groups is 2. The van der Waals surface area contributed by atoms with Gasteiger partial charge in [0.2, 0.25) is 0 Å². The number of hydrogen-bond donors (Lipinski definition) is 2. The van der Waals surface area contributed by atoms with Crippen molar-refractivity contribution in [3.63, 3.8) is 0 Å². The zero-order valence-electron chi connectivity index (χ0n) is 9.37. The molecule has 1 amide bonds. The Bertz CT molecular complexity index is 487. The molecule has 104 valence electrons. The molecule has 0 radical (unpaired) electrons. The summed E-state index contributed by atoms with van der Waals surface area (Å²) in [4.78, 5) is 21.4. The molecule has 2 N–H and O–H groups in total. The van der Waals surface area contributed by atoms with E-state index in [9.17, 15) is 27.2 Å². The van der Waals surface area contributed by atoms with E-state index >= 15 is 0 Å². The molecule has 19 heavy (non-hydrogen) atoms. The summed E-state index contributed by atoms with van der Waals surface area (Å²) in [5.41, 5.74) is -0.317. The van der Waals surface area contributed by atoms with Crippen LogP contribution < -0.4 is 5.32 Å². The minimum atomic E-state index is -5.16. The lowest BCUT2D eigenvalue weighted by Crippen LogP contribution is -2.40. The number of aliphatic carboxylic acids is 1. The standard InChI is InChI=1S/C11H9F4NO3/c12-7-4-2-1-3-6(7)8(5-9(17)18)16-10(19)11(13,14)15/h1-4,8H,5H2,(H,16,19)(H,17,18). The number of rotatable bonds is 4. The zero-order chi connectivity index (χ0) is 14.6. The predicted molar refractivity (Wildman–Crippen MR) is 55.6 cm³/mol. The Morgan fingerprint density at radius 2 is 1.84 bits per heavy atom. The van der Waals surface area contributed by atoms with Gasteiger partial charge < -0.3 is 10.4 Å². The first-order valence-corrected chi connectivity index (χ1v) is 5.05. The molecule has 0 saturated heterocycles. The molecule has 1 unspecified atom stereocenters. The van der Waals surface area contributed by atoms with Gasteiger partial charge in [0.05, 0.1) is 12.5 Å². The molecule has 0 aliphatic carbocycles. The number of hydrogen-bond acceptors (Lipinski definition) is 2. The molecular formula is C11H9F4NO3. The Hall–Kier alpha value is -2.12. The van der Waals surface area contributed by atoms with Crippen molar-refractivity contribution in [2.75, 3.05) is 0 Å². The predicted octanol–water partition coefficient (Wildman–Crippen LogP) is 2.02. The van der Waals surface area contributed by atoms with Crippen LogP contribution in [0.25, 0.3) is 0 Å². The summed E-state index contributed by atoms with van der Waals surface area (Å²) in [7, 11) is 0. The Morgan fingerprint density at radius 3 is 2.32 bits per heavy atom. The fourth-order valence-corrected chi connectivity index (χ4v) is 1.41. The molecule has 4 nitrogen and oxygen atoms in total. The topological polar surface area (TPSA) is 66.4 Å². The maximum Gasteiger partial charge on any atom is 0.471 e. The van der Waals surface area contributed by atoms with Crippen LogP contribution in [-0.4, -0.2) is 23.2 Å². The second kappa shape index (κ2) is 5.68. The quantitative estimate of drug-likeness (QED) is 0.829. The fourth-order valence-electron chi connectivity index (χ4n) is 1.41. The first kappa shape index (κ1) is 14.9. The number of alkyl halides is 3. The summed E-state index contributed by atoms with van der Waals surface area (Å²) in [6.45, 7) is 0. The Kier molecular flexibility index (Phi) is 4.47. The number of carboxylic acids is 1. The lowest BCUT2D eigenvalue weighted by Gasteiger charge is -2.18. The van der Waals surface area contributed by atoms with Crippen molar-refractivity contribution in [2.45, 2.75) is 18.6 Å². The fraction of sp³-hybridized carbons (Fsp3) is 0.273. The van der Waals surface area contributed by atoms with Gasteiger partial charge in [0.15, 0.2) is 0 Å². The van der Waals surface area contributed by atoms with E-state index < -0.39 is 36.3 Å². The Labute approximate surface area is 105 Å². The summed E-state index contributed by atoms with van der Waals surface area (Å²) < 4.78 is 49.7. The van der Waals surface area contributed by atoms with Crippen molar-refractivity contribution >= 4 is 11.9 Å². The van der Waals surface area contributed by atoms with E-state index in [0.29, 0.717) is 0 Å². The second-order valence-electron chi connectivity index (χ2n) is 3.64. The van der Waals surface area contributed by atoms with Crippen LogP contribution in [0.4, 0.5) is 17.6 Å². The normalized spacial score (nSPS) is 12.8. The van der Waals surface area contributed by atoms with Crippen LogP contribution in [0.1, 0.15) is 18.0 Å². The van der Waals surface area contributed by atoms with Crippen molar-refractivity contribution in [3.05, 3.63) is 35.6 Å². The first-order chi connectivity index (χ1) is 8.71. The summed E-state index contributed by atoms with van der Waals surface area (Å²) in [6.07, 6.45) is -6.02. The van der Waals surface area contributed by atoms with E-state index in [1.54, 1.807) is 0 Å². The second-order valence-corrected chi connectivity index (χ2v) is 3.64. The zero-order valence-corrected chi connectivity index (χ0v) is 9.37. The third-order valence-corrected chi connectivity index (χ3v) is 2.22. The highest BCUT2D eigenvalue weighted by Crippen LogP contribution is 2.23. The molecule has 1 aromatic rings. The molecule has 0 bridgehead atoms. The van der Waals surface area contributed by atoms with Crippen LogP contribution >= 0.6 is 0 Å². The summed E-state index contributed by atoms with van der Waals surface area (Å²) in [5, 5.41) is 10.1. The average Bonchev–Trinajstić information content (AvgIpc) is 2.26. The molecule has 0 saturated carbocycles. The molecule has 0 aliphatic rings. The van der Waals surface area contributed by atoms with Gasteiger partial charge >= 0.3 is 18.1 Å². The molecule has 1 aromatic carbocycles. The molecule has 0 heterocycles. The molecule has 0 fully saturated rings. The van der Waals surface area contributed by atoms with Gasteiger partial charge in [0.25, 0.3) is 0 Å². The summed E-state index contributed by atoms with van der Waals surface area (Å²) in [5.74, 6) is -4.67. The van der Waals surface area contributed by atoms with Crippen molar-refractivity contribution in [2.24, 2.45) is 0 Å². The van der Waals surface area contributed by atoms with Crippen LogP contribution in [0.3, 0.4) is 0 Å². The van der Waals surface area contributed by atoms with Gasteiger partial charge in [0, 0.05) is 5.56 Å². The van der Waals surface area contributed by atoms with Crippen molar-refractivity contribution < 1.29 is 32.3 Å². The third-order valence-electron chi connectivity index (χ3n) is 2.22. The maximum atomic E-state index is 13.4. The van der Waals surface area contributed by atoms with Gasteiger partial charge in [-0.2, -0.15) is 13.2 Å². The van der Waals surface area contributed by atoms with Gasteiger partial charge in [-0.3, -0.25) is 9.59 Å². The molecular weight excluding hydrogens is 270 g/mol. The summed E-state index contributed by atoms with van der Waals surface area (Å²) in [6, 6.07) is 3.10. The van der Waals surface area contributed by atoms with Crippen LogP contribution in [0.2, 0.25) is 0 Å². The Morgan fingerprint density at radius 1 is 1.26 bits per heavy atom. The van der Waals surface area contributed by atoms with E-state index in [2.05, 4.69) is 0 Å². The molecule has 1 atom stereocenters. The highest BCUT2D eigenvalue weighted by atomic mass is 19.4.